The highest BCUT2D eigenvalue weighted by Gasteiger charge is 2.51. The van der Waals surface area contributed by atoms with Gasteiger partial charge in [0.25, 0.3) is 0 Å². The Morgan fingerprint density at radius 3 is 1.28 bits per heavy atom. The van der Waals surface area contributed by atoms with Gasteiger partial charge < -0.3 is 5.11 Å². The third-order valence-electron chi connectivity index (χ3n) is 12.7. The Kier molecular flexibility index (Phi) is 10.8. The van der Waals surface area contributed by atoms with E-state index in [1.54, 1.807) is 0 Å². The molecule has 0 radical (unpaired) electrons. The van der Waals surface area contributed by atoms with E-state index in [0.29, 0.717) is 41.3 Å². The zero-order valence-electron chi connectivity index (χ0n) is 28.1. The van der Waals surface area contributed by atoms with E-state index >= 15 is 0 Å². The lowest BCUT2D eigenvalue weighted by Gasteiger charge is -2.54. The molecule has 224 valence electrons. The number of benzene rings is 1. The van der Waals surface area contributed by atoms with Crippen LogP contribution in [0.25, 0.3) is 0 Å². The van der Waals surface area contributed by atoms with Crippen LogP contribution >= 0.6 is 0 Å². The molecule has 1 heteroatoms. The van der Waals surface area contributed by atoms with E-state index in [0.717, 1.165) is 36.5 Å². The third kappa shape index (κ3) is 5.73. The SMILES string of the molecule is CCC(c1cc(O)cc(C(CC)(C(C)C)C2CCCC(C)C2C(C)C)c1)(C(C)C)C1CCCC(C)C1C(C)C. The monoisotopic (exact) mass is 539 g/mol. The van der Waals surface area contributed by atoms with Crippen LogP contribution in [0.15, 0.2) is 18.2 Å². The third-order valence-corrected chi connectivity index (χ3v) is 12.7. The fourth-order valence-corrected chi connectivity index (χ4v) is 11.2. The van der Waals surface area contributed by atoms with Gasteiger partial charge in [-0.15, -0.1) is 0 Å². The number of aromatic hydroxyl groups is 1. The second kappa shape index (κ2) is 12.9. The molecular weight excluding hydrogens is 472 g/mol. The Morgan fingerprint density at radius 1 is 0.641 bits per heavy atom. The second-order valence-corrected chi connectivity index (χ2v) is 15.5. The molecule has 0 bridgehead atoms. The molecule has 1 aromatic carbocycles. The summed E-state index contributed by atoms with van der Waals surface area (Å²) in [5.74, 6) is 7.26. The van der Waals surface area contributed by atoms with Crippen LogP contribution in [0.3, 0.4) is 0 Å². The summed E-state index contributed by atoms with van der Waals surface area (Å²) in [6.45, 7) is 29.6. The molecule has 2 aliphatic rings. The maximum Gasteiger partial charge on any atom is 0.116 e. The average Bonchev–Trinajstić information content (AvgIpc) is 2.84. The topological polar surface area (TPSA) is 20.2 Å². The predicted molar refractivity (Wildman–Crippen MR) is 171 cm³/mol. The van der Waals surface area contributed by atoms with Gasteiger partial charge in [0.1, 0.15) is 5.75 Å². The Balaban J connectivity index is 2.28. The van der Waals surface area contributed by atoms with Gasteiger partial charge in [0.2, 0.25) is 0 Å². The fourth-order valence-electron chi connectivity index (χ4n) is 11.2. The number of rotatable bonds is 10. The molecule has 0 amide bonds. The maximum absolute atomic E-state index is 11.5. The molecular formula is C38H66O. The number of phenolic OH excluding ortho intramolecular Hbond substituents is 1. The summed E-state index contributed by atoms with van der Waals surface area (Å²) in [7, 11) is 0. The van der Waals surface area contributed by atoms with Crippen molar-refractivity contribution in [1.82, 2.24) is 0 Å². The minimum absolute atomic E-state index is 0.0882. The first-order valence-corrected chi connectivity index (χ1v) is 17.1. The molecule has 0 spiro atoms. The Morgan fingerprint density at radius 2 is 1.00 bits per heavy atom. The van der Waals surface area contributed by atoms with E-state index in [1.165, 1.54) is 49.7 Å². The molecule has 8 atom stereocenters. The molecule has 0 heterocycles. The second-order valence-electron chi connectivity index (χ2n) is 15.5. The number of hydrogen-bond donors (Lipinski definition) is 1. The molecule has 0 saturated heterocycles. The minimum atomic E-state index is 0.0882. The zero-order chi connectivity index (χ0) is 29.3. The van der Waals surface area contributed by atoms with Crippen LogP contribution in [-0.2, 0) is 10.8 Å². The molecule has 2 fully saturated rings. The quantitative estimate of drug-likeness (QED) is 0.314. The molecule has 2 aliphatic carbocycles. The first-order chi connectivity index (χ1) is 18.3. The van der Waals surface area contributed by atoms with Gasteiger partial charge in [-0.3, -0.25) is 0 Å². The van der Waals surface area contributed by atoms with Gasteiger partial charge >= 0.3 is 0 Å². The molecule has 1 aromatic rings. The van der Waals surface area contributed by atoms with Crippen molar-refractivity contribution in [3.05, 3.63) is 29.3 Å². The summed E-state index contributed by atoms with van der Waals surface area (Å²) in [6, 6.07) is 7.02. The van der Waals surface area contributed by atoms with E-state index < -0.39 is 0 Å². The van der Waals surface area contributed by atoms with Crippen molar-refractivity contribution in [3.8, 4) is 5.75 Å². The molecule has 1 nitrogen and oxygen atoms in total. The Hall–Kier alpha value is -0.980. The van der Waals surface area contributed by atoms with Crippen molar-refractivity contribution < 1.29 is 5.11 Å². The highest BCUT2D eigenvalue weighted by Crippen LogP contribution is 2.57. The lowest BCUT2D eigenvalue weighted by atomic mass is 9.50. The van der Waals surface area contributed by atoms with Crippen LogP contribution in [0.2, 0.25) is 0 Å². The minimum Gasteiger partial charge on any atom is -0.508 e. The van der Waals surface area contributed by atoms with E-state index in [4.69, 9.17) is 0 Å². The summed E-state index contributed by atoms with van der Waals surface area (Å²) < 4.78 is 0. The van der Waals surface area contributed by atoms with Crippen LogP contribution < -0.4 is 0 Å². The lowest BCUT2D eigenvalue weighted by Crippen LogP contribution is -2.49. The fraction of sp³-hybridized carbons (Fsp3) is 0.842. The van der Waals surface area contributed by atoms with Crippen molar-refractivity contribution in [2.24, 2.45) is 59.2 Å². The normalized spacial score (nSPS) is 31.6. The van der Waals surface area contributed by atoms with Gasteiger partial charge in [0.15, 0.2) is 0 Å². The first-order valence-electron chi connectivity index (χ1n) is 17.1. The number of phenols is 1. The Labute approximate surface area is 244 Å². The standard InChI is InChI=1S/C38H66O/c1-13-37(26(7)8,33-19-15-17-28(11)35(33)24(3)4)30-21-31(23-32(39)22-30)38(14-2,27(9)10)34-20-16-18-29(12)36(34)25(5)6/h21-29,33-36,39H,13-20H2,1-12H3. The van der Waals surface area contributed by atoms with Crippen molar-refractivity contribution >= 4 is 0 Å². The summed E-state index contributed by atoms with van der Waals surface area (Å²) in [5.41, 5.74) is 3.04. The van der Waals surface area contributed by atoms with E-state index in [2.05, 4.69) is 101 Å². The molecule has 2 saturated carbocycles. The Bertz CT molecular complexity index is 841. The summed E-state index contributed by atoms with van der Waals surface area (Å²) >= 11 is 0. The first kappa shape index (κ1) is 32.5. The van der Waals surface area contributed by atoms with E-state index in [1.807, 2.05) is 0 Å². The highest BCUT2D eigenvalue weighted by atomic mass is 16.3. The predicted octanol–water partition coefficient (Wildman–Crippen LogP) is 11.4. The van der Waals surface area contributed by atoms with Gasteiger partial charge in [-0.25, -0.2) is 0 Å². The van der Waals surface area contributed by atoms with Gasteiger partial charge in [0, 0.05) is 10.8 Å². The summed E-state index contributed by atoms with van der Waals surface area (Å²) in [5, 5.41) is 11.5. The highest BCUT2D eigenvalue weighted by molar-refractivity contribution is 5.43. The van der Waals surface area contributed by atoms with Crippen LogP contribution in [0.4, 0.5) is 0 Å². The van der Waals surface area contributed by atoms with Gasteiger partial charge in [-0.1, -0.05) is 115 Å². The molecule has 0 aliphatic heterocycles. The van der Waals surface area contributed by atoms with Crippen molar-refractivity contribution in [3.63, 3.8) is 0 Å². The summed E-state index contributed by atoms with van der Waals surface area (Å²) in [6.07, 6.45) is 10.3. The van der Waals surface area contributed by atoms with E-state index in [9.17, 15) is 5.11 Å². The number of hydrogen-bond acceptors (Lipinski definition) is 1. The van der Waals surface area contributed by atoms with Crippen molar-refractivity contribution in [1.29, 1.82) is 0 Å². The molecule has 8 unspecified atom stereocenters. The lowest BCUT2D eigenvalue weighted by molar-refractivity contribution is 0.0211. The van der Waals surface area contributed by atoms with Crippen LogP contribution in [0.1, 0.15) is 146 Å². The van der Waals surface area contributed by atoms with E-state index in [-0.39, 0.29) is 10.8 Å². The van der Waals surface area contributed by atoms with Crippen molar-refractivity contribution in [2.45, 2.75) is 145 Å². The largest absolute Gasteiger partial charge is 0.508 e. The molecule has 0 aromatic heterocycles. The van der Waals surface area contributed by atoms with Gasteiger partial charge in [-0.05, 0) is 108 Å². The molecule has 3 rings (SSSR count). The zero-order valence-corrected chi connectivity index (χ0v) is 28.1. The smallest absolute Gasteiger partial charge is 0.116 e. The van der Waals surface area contributed by atoms with Gasteiger partial charge in [-0.2, -0.15) is 0 Å². The van der Waals surface area contributed by atoms with Crippen LogP contribution in [0, 0.1) is 59.2 Å². The van der Waals surface area contributed by atoms with Crippen LogP contribution in [0.5, 0.6) is 5.75 Å². The van der Waals surface area contributed by atoms with Crippen molar-refractivity contribution in [2.75, 3.05) is 0 Å². The molecule has 1 N–H and O–H groups in total. The van der Waals surface area contributed by atoms with Gasteiger partial charge in [0.05, 0.1) is 0 Å². The van der Waals surface area contributed by atoms with Crippen LogP contribution in [-0.4, -0.2) is 5.11 Å². The maximum atomic E-state index is 11.5. The average molecular weight is 539 g/mol. The molecule has 39 heavy (non-hydrogen) atoms. The summed E-state index contributed by atoms with van der Waals surface area (Å²) in [4.78, 5) is 0.